The Morgan fingerprint density at radius 1 is 0.958 bits per heavy atom. The molecule has 266 valence electrons. The summed E-state index contributed by atoms with van der Waals surface area (Å²) in [4.78, 5) is 42.5. The van der Waals surface area contributed by atoms with Crippen LogP contribution in [0.2, 0.25) is 0 Å². The smallest absolute Gasteiger partial charge is 0.260 e. The molecular weight excluding hydrogens is 632 g/mol. The molecule has 0 aromatic heterocycles. The molecular formula is C36H54N4O7S. The predicted molar refractivity (Wildman–Crippen MR) is 189 cm³/mol. The van der Waals surface area contributed by atoms with E-state index >= 15 is 0 Å². The summed E-state index contributed by atoms with van der Waals surface area (Å²) in [5.74, 6) is -1.38. The summed E-state index contributed by atoms with van der Waals surface area (Å²) in [6, 6.07) is 13.7. The van der Waals surface area contributed by atoms with Crippen molar-refractivity contribution >= 4 is 27.7 Å². The number of aliphatic hydroxyl groups excluding tert-OH is 1. The van der Waals surface area contributed by atoms with Crippen LogP contribution in [0, 0.1) is 11.3 Å². The number of amides is 3. The van der Waals surface area contributed by atoms with Gasteiger partial charge in [0.15, 0.2) is 0 Å². The number of sulfonamides is 1. The number of aliphatic hydroxyl groups is 1. The molecule has 3 unspecified atom stereocenters. The Kier molecular flexibility index (Phi) is 14.4. The van der Waals surface area contributed by atoms with Crippen molar-refractivity contribution in [2.75, 3.05) is 27.3 Å². The van der Waals surface area contributed by atoms with E-state index in [4.69, 9.17) is 9.84 Å². The first-order valence-electron chi connectivity index (χ1n) is 16.1. The van der Waals surface area contributed by atoms with Crippen LogP contribution in [-0.4, -0.2) is 81.6 Å². The van der Waals surface area contributed by atoms with Crippen molar-refractivity contribution in [1.82, 2.24) is 20.3 Å². The number of rotatable bonds is 16. The zero-order chi connectivity index (χ0) is 36.4. The van der Waals surface area contributed by atoms with Gasteiger partial charge in [0.2, 0.25) is 21.8 Å². The van der Waals surface area contributed by atoms with Crippen molar-refractivity contribution in [2.45, 2.75) is 84.7 Å². The first-order valence-corrected chi connectivity index (χ1v) is 17.8. The van der Waals surface area contributed by atoms with Crippen LogP contribution in [-0.2, 0) is 35.6 Å². The van der Waals surface area contributed by atoms with E-state index in [1.807, 2.05) is 60.6 Å². The third kappa shape index (κ3) is 11.2. The standard InChI is InChI=1S/C36H54N4O7S/c1-24(2)29(22-25(3)32(42)39-48(45,46)23-26-14-12-11-13-15-26)40(10)34(44)31(35(4,5)6)38-33(43)30(37-9)36(7,8)27-16-18-28(19-17-27)47-21-20-41/h11-19,22,24,29-31,37,41H,20-21,23H2,1-10H3,(H,38,43)(H,39,42). The normalized spacial score (nSPS) is 14.5. The average molecular weight is 687 g/mol. The largest absolute Gasteiger partial charge is 0.491 e. The van der Waals surface area contributed by atoms with E-state index in [9.17, 15) is 22.8 Å². The fraction of sp³-hybridized carbons (Fsp3) is 0.528. The average Bonchev–Trinajstić information content (AvgIpc) is 3.00. The Morgan fingerprint density at radius 3 is 2.04 bits per heavy atom. The number of carbonyl (C=O) groups excluding carboxylic acids is 3. The predicted octanol–water partition coefficient (Wildman–Crippen LogP) is 3.53. The SMILES string of the molecule is CNC(C(=O)NC(C(=O)N(C)C(C=C(C)C(=O)NS(=O)(=O)Cc1ccccc1)C(C)C)C(C)(C)C)C(C)(C)c1ccc(OCCO)cc1. The highest BCUT2D eigenvalue weighted by atomic mass is 32.2. The van der Waals surface area contributed by atoms with Gasteiger partial charge in [0.25, 0.3) is 5.91 Å². The molecule has 3 amide bonds. The molecule has 4 N–H and O–H groups in total. The molecule has 0 aliphatic rings. The van der Waals surface area contributed by atoms with Crippen LogP contribution in [0.4, 0.5) is 0 Å². The Labute approximate surface area is 286 Å². The summed E-state index contributed by atoms with van der Waals surface area (Å²) in [5.41, 5.74) is 0.184. The molecule has 48 heavy (non-hydrogen) atoms. The first kappa shape index (κ1) is 40.4. The summed E-state index contributed by atoms with van der Waals surface area (Å²) >= 11 is 0. The van der Waals surface area contributed by atoms with Gasteiger partial charge in [0.05, 0.1) is 24.4 Å². The number of hydrogen-bond acceptors (Lipinski definition) is 8. The fourth-order valence-electron chi connectivity index (χ4n) is 5.49. The minimum Gasteiger partial charge on any atom is -0.491 e. The van der Waals surface area contributed by atoms with Crippen molar-refractivity contribution < 1.29 is 32.6 Å². The lowest BCUT2D eigenvalue weighted by atomic mass is 9.76. The molecule has 2 aromatic carbocycles. The van der Waals surface area contributed by atoms with Crippen LogP contribution in [0.15, 0.2) is 66.2 Å². The molecule has 0 aliphatic heterocycles. The second-order valence-electron chi connectivity index (χ2n) is 14.1. The Morgan fingerprint density at radius 2 is 1.54 bits per heavy atom. The third-order valence-electron chi connectivity index (χ3n) is 8.33. The molecule has 0 radical (unpaired) electrons. The van der Waals surface area contributed by atoms with E-state index in [2.05, 4.69) is 15.4 Å². The molecule has 0 heterocycles. The van der Waals surface area contributed by atoms with Crippen molar-refractivity contribution in [3.8, 4) is 5.75 Å². The van der Waals surface area contributed by atoms with Crippen molar-refractivity contribution in [1.29, 1.82) is 0 Å². The highest BCUT2D eigenvalue weighted by molar-refractivity contribution is 7.89. The van der Waals surface area contributed by atoms with Gasteiger partial charge in [0, 0.05) is 18.0 Å². The number of likely N-dealkylation sites (N-methyl/N-ethyl adjacent to an activating group) is 2. The quantitative estimate of drug-likeness (QED) is 0.196. The Bertz CT molecular complexity index is 1520. The molecule has 11 nitrogen and oxygen atoms in total. The van der Waals surface area contributed by atoms with E-state index in [1.54, 1.807) is 62.6 Å². The number of nitrogens with one attached hydrogen (secondary N) is 3. The maximum Gasteiger partial charge on any atom is 0.260 e. The lowest BCUT2D eigenvalue weighted by Crippen LogP contribution is -2.61. The van der Waals surface area contributed by atoms with Crippen LogP contribution in [0.1, 0.15) is 66.5 Å². The van der Waals surface area contributed by atoms with E-state index in [-0.39, 0.29) is 42.3 Å². The second kappa shape index (κ2) is 17.1. The van der Waals surface area contributed by atoms with E-state index in [1.165, 1.54) is 11.8 Å². The minimum atomic E-state index is -3.96. The molecule has 0 spiro atoms. The molecule has 0 bridgehead atoms. The first-order chi connectivity index (χ1) is 22.2. The summed E-state index contributed by atoms with van der Waals surface area (Å²) in [6.07, 6.45) is 1.59. The summed E-state index contributed by atoms with van der Waals surface area (Å²) < 4.78 is 33.0. The van der Waals surface area contributed by atoms with Gasteiger partial charge in [-0.05, 0) is 48.6 Å². The van der Waals surface area contributed by atoms with Gasteiger partial charge >= 0.3 is 0 Å². The second-order valence-corrected chi connectivity index (χ2v) is 15.8. The monoisotopic (exact) mass is 686 g/mol. The van der Waals surface area contributed by atoms with Crippen LogP contribution >= 0.6 is 0 Å². The number of nitrogens with zero attached hydrogens (tertiary/aromatic N) is 1. The maximum atomic E-state index is 14.1. The van der Waals surface area contributed by atoms with Crippen LogP contribution < -0.4 is 20.1 Å². The molecule has 2 rings (SSSR count). The van der Waals surface area contributed by atoms with Crippen molar-refractivity contribution in [3.05, 3.63) is 77.4 Å². The maximum absolute atomic E-state index is 14.1. The lowest BCUT2D eigenvalue weighted by molar-refractivity contribution is -0.140. The van der Waals surface area contributed by atoms with E-state index in [0.29, 0.717) is 11.3 Å². The third-order valence-corrected chi connectivity index (χ3v) is 9.54. The van der Waals surface area contributed by atoms with Gasteiger partial charge < -0.3 is 25.4 Å². The van der Waals surface area contributed by atoms with Crippen LogP contribution in [0.5, 0.6) is 5.75 Å². The van der Waals surface area contributed by atoms with Gasteiger partial charge in [-0.25, -0.2) is 13.1 Å². The number of carbonyl (C=O) groups is 3. The van der Waals surface area contributed by atoms with E-state index in [0.717, 1.165) is 5.56 Å². The highest BCUT2D eigenvalue weighted by Gasteiger charge is 2.41. The van der Waals surface area contributed by atoms with Gasteiger partial charge in [-0.15, -0.1) is 0 Å². The number of benzene rings is 2. The molecule has 3 atom stereocenters. The van der Waals surface area contributed by atoms with Crippen LogP contribution in [0.3, 0.4) is 0 Å². The molecule has 0 saturated heterocycles. The van der Waals surface area contributed by atoms with Crippen LogP contribution in [0.25, 0.3) is 0 Å². The number of ether oxygens (including phenoxy) is 1. The molecule has 2 aromatic rings. The topological polar surface area (TPSA) is 154 Å². The van der Waals surface area contributed by atoms with Gasteiger partial charge in [-0.2, -0.15) is 0 Å². The van der Waals surface area contributed by atoms with Crippen molar-refractivity contribution in [3.63, 3.8) is 0 Å². The lowest BCUT2D eigenvalue weighted by Gasteiger charge is -2.40. The Balaban J connectivity index is 2.29. The van der Waals surface area contributed by atoms with Crippen molar-refractivity contribution in [2.24, 2.45) is 11.3 Å². The molecule has 0 aliphatic carbocycles. The highest BCUT2D eigenvalue weighted by Crippen LogP contribution is 2.30. The minimum absolute atomic E-state index is 0.0965. The Hall–Kier alpha value is -3.74. The molecule has 0 saturated carbocycles. The fourth-order valence-corrected chi connectivity index (χ4v) is 6.64. The van der Waals surface area contributed by atoms with Gasteiger partial charge in [-0.1, -0.05) is 97.0 Å². The summed E-state index contributed by atoms with van der Waals surface area (Å²) in [7, 11) is -0.647. The summed E-state index contributed by atoms with van der Waals surface area (Å²) in [5, 5.41) is 15.2. The summed E-state index contributed by atoms with van der Waals surface area (Å²) in [6.45, 7) is 14.9. The van der Waals surface area contributed by atoms with Gasteiger partial charge in [-0.3, -0.25) is 14.4 Å². The number of hydrogen-bond donors (Lipinski definition) is 4. The zero-order valence-corrected chi connectivity index (χ0v) is 30.8. The zero-order valence-electron chi connectivity index (χ0n) is 30.0. The van der Waals surface area contributed by atoms with Gasteiger partial charge in [0.1, 0.15) is 18.4 Å². The molecule has 12 heteroatoms. The van der Waals surface area contributed by atoms with E-state index < -0.39 is 44.9 Å². The molecule has 0 fully saturated rings.